The maximum absolute atomic E-state index is 11.9. The number of ether oxygens (including phenoxy) is 1. The van der Waals surface area contributed by atoms with Gasteiger partial charge in [-0.2, -0.15) is 0 Å². The Kier molecular flexibility index (Phi) is 6.10. The number of amides is 1. The van der Waals surface area contributed by atoms with Gasteiger partial charge in [0.05, 0.1) is 12.7 Å². The smallest absolute Gasteiger partial charge is 0.326 e. The van der Waals surface area contributed by atoms with Gasteiger partial charge < -0.3 is 15.2 Å². The number of carboxylic acids is 1. The quantitative estimate of drug-likeness (QED) is 0.745. The van der Waals surface area contributed by atoms with Crippen LogP contribution < -0.4 is 5.32 Å². The van der Waals surface area contributed by atoms with E-state index in [1.807, 2.05) is 0 Å². The number of nitrogens with one attached hydrogen (secondary N) is 1. The highest BCUT2D eigenvalue weighted by molar-refractivity contribution is 9.10. The van der Waals surface area contributed by atoms with Gasteiger partial charge in [-0.05, 0) is 28.4 Å². The Labute approximate surface area is 123 Å². The summed E-state index contributed by atoms with van der Waals surface area (Å²) >= 11 is 3.16. The first-order valence-electron chi connectivity index (χ1n) is 5.65. The summed E-state index contributed by atoms with van der Waals surface area (Å²) in [4.78, 5) is 37.7. The van der Waals surface area contributed by atoms with Crippen molar-refractivity contribution in [1.29, 1.82) is 0 Å². The van der Waals surface area contributed by atoms with Gasteiger partial charge in [-0.3, -0.25) is 14.6 Å². The number of rotatable bonds is 6. The first-order valence-corrected chi connectivity index (χ1v) is 6.44. The van der Waals surface area contributed by atoms with Crippen molar-refractivity contribution in [2.45, 2.75) is 18.9 Å². The third-order valence-electron chi connectivity index (χ3n) is 2.44. The first-order chi connectivity index (χ1) is 9.43. The fraction of sp³-hybridized carbons (Fsp3) is 0.333. The zero-order valence-corrected chi connectivity index (χ0v) is 12.2. The van der Waals surface area contributed by atoms with E-state index in [1.165, 1.54) is 25.6 Å². The molecule has 0 saturated carbocycles. The van der Waals surface area contributed by atoms with E-state index < -0.39 is 23.9 Å². The molecule has 1 amide bonds. The number of aliphatic carboxylic acids is 1. The van der Waals surface area contributed by atoms with E-state index in [1.54, 1.807) is 0 Å². The molecule has 0 bridgehead atoms. The molecule has 0 aliphatic rings. The standard InChI is InChI=1S/C12H13BrN2O5/c1-20-10(16)3-2-9(12(18)19)15-11(17)7-4-8(13)6-14-5-7/h4-6,9H,2-3H2,1H3,(H,15,17)(H,18,19)/t9-/m1/s1. The predicted octanol–water partition coefficient (Wildman–Crippen LogP) is 0.980. The second-order valence-corrected chi connectivity index (χ2v) is 4.79. The number of carbonyl (C=O) groups excluding carboxylic acids is 2. The molecule has 8 heteroatoms. The van der Waals surface area contributed by atoms with Crippen LogP contribution >= 0.6 is 15.9 Å². The Morgan fingerprint density at radius 3 is 2.70 bits per heavy atom. The van der Waals surface area contributed by atoms with Crippen LogP contribution in [0.3, 0.4) is 0 Å². The van der Waals surface area contributed by atoms with Crippen molar-refractivity contribution in [3.8, 4) is 0 Å². The Bertz CT molecular complexity index is 520. The van der Waals surface area contributed by atoms with Crippen LogP contribution in [0.1, 0.15) is 23.2 Å². The molecule has 1 heterocycles. The van der Waals surface area contributed by atoms with Gasteiger partial charge >= 0.3 is 11.9 Å². The summed E-state index contributed by atoms with van der Waals surface area (Å²) in [5, 5.41) is 11.3. The normalized spacial score (nSPS) is 11.5. The number of methoxy groups -OCH3 is 1. The topological polar surface area (TPSA) is 106 Å². The number of hydrogen-bond acceptors (Lipinski definition) is 5. The molecule has 1 atom stereocenters. The molecule has 0 spiro atoms. The van der Waals surface area contributed by atoms with Crippen LogP contribution in [0, 0.1) is 0 Å². The molecule has 7 nitrogen and oxygen atoms in total. The molecule has 1 rings (SSSR count). The molecular formula is C12H13BrN2O5. The molecule has 0 saturated heterocycles. The predicted molar refractivity (Wildman–Crippen MR) is 72.1 cm³/mol. The maximum Gasteiger partial charge on any atom is 0.326 e. The molecular weight excluding hydrogens is 332 g/mol. The zero-order chi connectivity index (χ0) is 15.1. The zero-order valence-electron chi connectivity index (χ0n) is 10.6. The van der Waals surface area contributed by atoms with Gasteiger partial charge in [0.2, 0.25) is 0 Å². The van der Waals surface area contributed by atoms with Crippen LogP contribution in [-0.4, -0.2) is 41.1 Å². The summed E-state index contributed by atoms with van der Waals surface area (Å²) in [5.74, 6) is -2.32. The van der Waals surface area contributed by atoms with Gasteiger partial charge in [0, 0.05) is 23.3 Å². The number of nitrogens with zero attached hydrogens (tertiary/aromatic N) is 1. The monoisotopic (exact) mass is 344 g/mol. The number of halogens is 1. The van der Waals surface area contributed by atoms with Crippen LogP contribution in [0.2, 0.25) is 0 Å². The number of pyridine rings is 1. The molecule has 0 aliphatic heterocycles. The van der Waals surface area contributed by atoms with Gasteiger partial charge in [-0.15, -0.1) is 0 Å². The summed E-state index contributed by atoms with van der Waals surface area (Å²) in [6.45, 7) is 0. The number of esters is 1. The molecule has 0 fully saturated rings. The minimum absolute atomic E-state index is 0.0464. The summed E-state index contributed by atoms with van der Waals surface area (Å²) < 4.78 is 5.03. The van der Waals surface area contributed by atoms with Crippen molar-refractivity contribution in [3.63, 3.8) is 0 Å². The second-order valence-electron chi connectivity index (χ2n) is 3.87. The lowest BCUT2D eigenvalue weighted by Gasteiger charge is -2.13. The van der Waals surface area contributed by atoms with Crippen molar-refractivity contribution >= 4 is 33.8 Å². The van der Waals surface area contributed by atoms with E-state index in [2.05, 4.69) is 31.0 Å². The van der Waals surface area contributed by atoms with Crippen LogP contribution in [-0.2, 0) is 14.3 Å². The fourth-order valence-electron chi connectivity index (χ4n) is 1.40. The van der Waals surface area contributed by atoms with Gasteiger partial charge in [-0.25, -0.2) is 4.79 Å². The summed E-state index contributed by atoms with van der Waals surface area (Å²) in [6, 6.07) is 0.349. The Morgan fingerprint density at radius 2 is 2.15 bits per heavy atom. The van der Waals surface area contributed by atoms with Crippen molar-refractivity contribution in [2.75, 3.05) is 7.11 Å². The van der Waals surface area contributed by atoms with Crippen molar-refractivity contribution < 1.29 is 24.2 Å². The van der Waals surface area contributed by atoms with Crippen LogP contribution in [0.25, 0.3) is 0 Å². The summed E-state index contributed by atoms with van der Waals surface area (Å²) in [6.07, 6.45) is 2.68. The highest BCUT2D eigenvalue weighted by Crippen LogP contribution is 2.10. The molecule has 1 aromatic rings. The average molecular weight is 345 g/mol. The van der Waals surface area contributed by atoms with Gasteiger partial charge in [0.1, 0.15) is 6.04 Å². The molecule has 0 unspecified atom stereocenters. The minimum Gasteiger partial charge on any atom is -0.480 e. The van der Waals surface area contributed by atoms with E-state index >= 15 is 0 Å². The largest absolute Gasteiger partial charge is 0.480 e. The molecule has 0 radical (unpaired) electrons. The number of carbonyl (C=O) groups is 3. The lowest BCUT2D eigenvalue weighted by molar-refractivity contribution is -0.142. The van der Waals surface area contributed by atoms with E-state index in [-0.39, 0.29) is 18.4 Å². The Hall–Kier alpha value is -1.96. The summed E-state index contributed by atoms with van der Waals surface area (Å²) in [7, 11) is 1.21. The Morgan fingerprint density at radius 1 is 1.45 bits per heavy atom. The SMILES string of the molecule is COC(=O)CC[C@@H](NC(=O)c1cncc(Br)c1)C(=O)O. The highest BCUT2D eigenvalue weighted by Gasteiger charge is 2.22. The molecule has 20 heavy (non-hydrogen) atoms. The third-order valence-corrected chi connectivity index (χ3v) is 2.87. The van der Waals surface area contributed by atoms with E-state index in [0.29, 0.717) is 4.47 Å². The third kappa shape index (κ3) is 4.96. The molecule has 1 aromatic heterocycles. The lowest BCUT2D eigenvalue weighted by Crippen LogP contribution is -2.41. The summed E-state index contributed by atoms with van der Waals surface area (Å²) in [5.41, 5.74) is 0.226. The van der Waals surface area contributed by atoms with E-state index in [9.17, 15) is 14.4 Å². The van der Waals surface area contributed by atoms with Gasteiger partial charge in [0.25, 0.3) is 5.91 Å². The fourth-order valence-corrected chi connectivity index (χ4v) is 1.76. The van der Waals surface area contributed by atoms with Gasteiger partial charge in [-0.1, -0.05) is 0 Å². The number of carboxylic acid groups (broad SMARTS) is 1. The van der Waals surface area contributed by atoms with Crippen LogP contribution in [0.4, 0.5) is 0 Å². The van der Waals surface area contributed by atoms with E-state index in [0.717, 1.165) is 0 Å². The molecule has 108 valence electrons. The second kappa shape index (κ2) is 7.59. The van der Waals surface area contributed by atoms with Crippen molar-refractivity contribution in [2.24, 2.45) is 0 Å². The van der Waals surface area contributed by atoms with Crippen molar-refractivity contribution in [3.05, 3.63) is 28.5 Å². The highest BCUT2D eigenvalue weighted by atomic mass is 79.9. The lowest BCUT2D eigenvalue weighted by atomic mass is 10.1. The van der Waals surface area contributed by atoms with E-state index in [4.69, 9.17) is 5.11 Å². The number of hydrogen-bond donors (Lipinski definition) is 2. The van der Waals surface area contributed by atoms with Crippen molar-refractivity contribution in [1.82, 2.24) is 10.3 Å². The van der Waals surface area contributed by atoms with Crippen LogP contribution in [0.5, 0.6) is 0 Å². The van der Waals surface area contributed by atoms with Crippen LogP contribution in [0.15, 0.2) is 22.9 Å². The maximum atomic E-state index is 11.9. The first kappa shape index (κ1) is 16.1. The number of aromatic nitrogens is 1. The Balaban J connectivity index is 2.68. The molecule has 0 aromatic carbocycles. The molecule has 0 aliphatic carbocycles. The minimum atomic E-state index is -1.22. The van der Waals surface area contributed by atoms with Gasteiger partial charge in [0.15, 0.2) is 0 Å². The molecule has 2 N–H and O–H groups in total. The average Bonchev–Trinajstić information content (AvgIpc) is 2.42.